The van der Waals surface area contributed by atoms with Crippen molar-refractivity contribution in [3.8, 4) is 0 Å². The first-order valence-electron chi connectivity index (χ1n) is 7.07. The first kappa shape index (κ1) is 16.5. The molecule has 1 amide bonds. The number of nitrogens with zero attached hydrogens (tertiary/aromatic N) is 2. The van der Waals surface area contributed by atoms with Gasteiger partial charge in [-0.3, -0.25) is 14.2 Å². The van der Waals surface area contributed by atoms with Crippen molar-refractivity contribution < 1.29 is 9.53 Å². The summed E-state index contributed by atoms with van der Waals surface area (Å²) in [6.07, 6.45) is 0. The quantitative estimate of drug-likeness (QED) is 0.783. The van der Waals surface area contributed by atoms with Crippen LogP contribution in [-0.4, -0.2) is 35.6 Å². The van der Waals surface area contributed by atoms with Crippen molar-refractivity contribution in [1.82, 2.24) is 9.47 Å². The van der Waals surface area contributed by atoms with E-state index in [9.17, 15) is 9.59 Å². The molecule has 2 aromatic rings. The maximum Gasteiger partial charge on any atom is 0.307 e. The Labute approximate surface area is 133 Å². The molecule has 2 rings (SSSR count). The van der Waals surface area contributed by atoms with Crippen LogP contribution in [0.4, 0.5) is 0 Å². The number of hydrogen-bond donors (Lipinski definition) is 0. The van der Waals surface area contributed by atoms with Crippen LogP contribution in [-0.2, 0) is 22.6 Å². The van der Waals surface area contributed by atoms with Gasteiger partial charge in [-0.2, -0.15) is 0 Å². The van der Waals surface area contributed by atoms with Gasteiger partial charge in [-0.05, 0) is 12.5 Å². The molecule has 0 radical (unpaired) electrons. The molecule has 5 nitrogen and oxygen atoms in total. The van der Waals surface area contributed by atoms with Gasteiger partial charge in [-0.15, -0.1) is 0 Å². The fraction of sp³-hybridized carbons (Fsp3) is 0.375. The number of carbonyl (C=O) groups excluding carboxylic acids is 1. The highest BCUT2D eigenvalue weighted by atomic mass is 32.1. The normalized spacial score (nSPS) is 10.6. The zero-order valence-corrected chi connectivity index (χ0v) is 13.6. The molecule has 118 valence electrons. The number of benzene rings is 1. The third-order valence-corrected chi connectivity index (χ3v) is 4.29. The van der Waals surface area contributed by atoms with Gasteiger partial charge < -0.3 is 9.64 Å². The summed E-state index contributed by atoms with van der Waals surface area (Å²) in [5, 5.41) is 1.77. The predicted molar refractivity (Wildman–Crippen MR) is 87.1 cm³/mol. The third-order valence-electron chi connectivity index (χ3n) is 3.40. The van der Waals surface area contributed by atoms with E-state index in [2.05, 4.69) is 0 Å². The predicted octanol–water partition coefficient (Wildman–Crippen LogP) is 1.89. The molecule has 0 N–H and O–H groups in total. The van der Waals surface area contributed by atoms with Gasteiger partial charge in [0.2, 0.25) is 5.91 Å². The number of hydrogen-bond acceptors (Lipinski definition) is 4. The molecule has 6 heteroatoms. The van der Waals surface area contributed by atoms with Crippen molar-refractivity contribution in [3.63, 3.8) is 0 Å². The molecule has 0 atom stereocenters. The summed E-state index contributed by atoms with van der Waals surface area (Å²) in [5.41, 5.74) is 1.87. The van der Waals surface area contributed by atoms with Crippen LogP contribution in [0.25, 0.3) is 0 Å². The van der Waals surface area contributed by atoms with E-state index in [4.69, 9.17) is 4.74 Å². The first-order chi connectivity index (χ1) is 10.6. The molecular weight excluding hydrogens is 300 g/mol. The molecule has 0 saturated heterocycles. The van der Waals surface area contributed by atoms with Gasteiger partial charge in [0.15, 0.2) is 0 Å². The largest absolute Gasteiger partial charge is 0.383 e. The number of ether oxygens (including phenoxy) is 1. The van der Waals surface area contributed by atoms with Gasteiger partial charge >= 0.3 is 4.87 Å². The SMILES string of the molecule is COCCN(Cc1ccccc1)C(=O)Cn1c(C)csc1=O. The van der Waals surface area contributed by atoms with E-state index >= 15 is 0 Å². The lowest BCUT2D eigenvalue weighted by atomic mass is 10.2. The van der Waals surface area contributed by atoms with Crippen molar-refractivity contribution in [3.05, 3.63) is 56.6 Å². The van der Waals surface area contributed by atoms with Gasteiger partial charge in [-0.25, -0.2) is 0 Å². The van der Waals surface area contributed by atoms with Crippen LogP contribution < -0.4 is 4.87 Å². The summed E-state index contributed by atoms with van der Waals surface area (Å²) >= 11 is 1.12. The third kappa shape index (κ3) is 4.29. The lowest BCUT2D eigenvalue weighted by Crippen LogP contribution is -2.37. The zero-order valence-electron chi connectivity index (χ0n) is 12.8. The lowest BCUT2D eigenvalue weighted by Gasteiger charge is -2.23. The van der Waals surface area contributed by atoms with Crippen molar-refractivity contribution in [2.75, 3.05) is 20.3 Å². The summed E-state index contributed by atoms with van der Waals surface area (Å²) in [6, 6.07) is 9.80. The van der Waals surface area contributed by atoms with Crippen LogP contribution in [0.2, 0.25) is 0 Å². The summed E-state index contributed by atoms with van der Waals surface area (Å²) in [4.78, 5) is 25.9. The number of aromatic nitrogens is 1. The van der Waals surface area contributed by atoms with Gasteiger partial charge in [0.1, 0.15) is 6.54 Å². The topological polar surface area (TPSA) is 51.5 Å². The number of rotatable bonds is 7. The van der Waals surface area contributed by atoms with Crippen molar-refractivity contribution >= 4 is 17.2 Å². The summed E-state index contributed by atoms with van der Waals surface area (Å²) in [7, 11) is 1.61. The van der Waals surface area contributed by atoms with Gasteiger partial charge in [0.05, 0.1) is 6.61 Å². The molecule has 0 aliphatic carbocycles. The Bertz CT molecular complexity index is 664. The summed E-state index contributed by atoms with van der Waals surface area (Å²) in [6.45, 7) is 3.39. The van der Waals surface area contributed by atoms with Gasteiger partial charge in [0.25, 0.3) is 0 Å². The maximum absolute atomic E-state index is 12.5. The number of carbonyl (C=O) groups is 1. The Morgan fingerprint density at radius 1 is 1.32 bits per heavy atom. The average Bonchev–Trinajstić information content (AvgIpc) is 2.84. The fourth-order valence-corrected chi connectivity index (χ4v) is 2.86. The fourth-order valence-electron chi connectivity index (χ4n) is 2.13. The second-order valence-corrected chi connectivity index (χ2v) is 5.84. The van der Waals surface area contributed by atoms with Crippen LogP contribution >= 0.6 is 11.3 Å². The van der Waals surface area contributed by atoms with Crippen LogP contribution in [0.5, 0.6) is 0 Å². The molecule has 0 aliphatic rings. The Balaban J connectivity index is 2.10. The average molecular weight is 320 g/mol. The monoisotopic (exact) mass is 320 g/mol. The molecule has 0 bridgehead atoms. The van der Waals surface area contributed by atoms with E-state index < -0.39 is 0 Å². The van der Waals surface area contributed by atoms with E-state index in [1.165, 1.54) is 4.57 Å². The van der Waals surface area contributed by atoms with Crippen LogP contribution in [0, 0.1) is 6.92 Å². The second-order valence-electron chi connectivity index (χ2n) is 5.02. The molecule has 1 heterocycles. The van der Waals surface area contributed by atoms with Crippen LogP contribution in [0.3, 0.4) is 0 Å². The standard InChI is InChI=1S/C16H20N2O3S/c1-13-12-22-16(20)18(13)11-15(19)17(8-9-21-2)10-14-6-4-3-5-7-14/h3-7,12H,8-11H2,1-2H3. The highest BCUT2D eigenvalue weighted by molar-refractivity contribution is 7.07. The Morgan fingerprint density at radius 2 is 2.05 bits per heavy atom. The minimum atomic E-state index is -0.0998. The smallest absolute Gasteiger partial charge is 0.307 e. The number of amides is 1. The molecular formula is C16H20N2O3S. The highest BCUT2D eigenvalue weighted by Gasteiger charge is 2.16. The van der Waals surface area contributed by atoms with E-state index in [-0.39, 0.29) is 17.3 Å². The zero-order chi connectivity index (χ0) is 15.9. The van der Waals surface area contributed by atoms with Crippen molar-refractivity contribution in [2.24, 2.45) is 0 Å². The van der Waals surface area contributed by atoms with E-state index in [1.807, 2.05) is 37.3 Å². The first-order valence-corrected chi connectivity index (χ1v) is 7.95. The van der Waals surface area contributed by atoms with Gasteiger partial charge in [0, 0.05) is 31.3 Å². The minimum absolute atomic E-state index is 0.0741. The molecule has 1 aromatic carbocycles. The van der Waals surface area contributed by atoms with Crippen molar-refractivity contribution in [1.29, 1.82) is 0 Å². The molecule has 22 heavy (non-hydrogen) atoms. The Morgan fingerprint density at radius 3 is 2.64 bits per heavy atom. The Hall–Kier alpha value is -1.92. The summed E-state index contributed by atoms with van der Waals surface area (Å²) < 4.78 is 6.59. The number of methoxy groups -OCH3 is 1. The Kier molecular flexibility index (Phi) is 5.91. The van der Waals surface area contributed by atoms with Crippen LogP contribution in [0.1, 0.15) is 11.3 Å². The molecule has 0 unspecified atom stereocenters. The molecule has 0 aliphatic heterocycles. The van der Waals surface area contributed by atoms with E-state index in [0.29, 0.717) is 19.7 Å². The van der Waals surface area contributed by atoms with E-state index in [1.54, 1.807) is 17.4 Å². The minimum Gasteiger partial charge on any atom is -0.383 e. The maximum atomic E-state index is 12.5. The number of aryl methyl sites for hydroxylation is 1. The molecule has 0 spiro atoms. The molecule has 0 saturated carbocycles. The molecule has 1 aromatic heterocycles. The van der Waals surface area contributed by atoms with Crippen molar-refractivity contribution in [2.45, 2.75) is 20.0 Å². The second kappa shape index (κ2) is 7.91. The van der Waals surface area contributed by atoms with Gasteiger partial charge in [-0.1, -0.05) is 41.7 Å². The van der Waals surface area contributed by atoms with E-state index in [0.717, 1.165) is 22.6 Å². The van der Waals surface area contributed by atoms with Crippen LogP contribution in [0.15, 0.2) is 40.5 Å². The highest BCUT2D eigenvalue weighted by Crippen LogP contribution is 2.07. The number of thiazole rings is 1. The summed E-state index contributed by atoms with van der Waals surface area (Å²) in [5.74, 6) is -0.0792. The molecule has 0 fully saturated rings. The lowest BCUT2D eigenvalue weighted by molar-refractivity contribution is -0.133.